The number of alkyl halides is 3. The Bertz CT molecular complexity index is 1040. The number of ether oxygens (including phenoxy) is 1. The summed E-state index contributed by atoms with van der Waals surface area (Å²) in [4.78, 5) is 16.9. The number of amides is 1. The first kappa shape index (κ1) is 23.6. The molecule has 0 bridgehead atoms. The Balaban J connectivity index is 1.53. The zero-order chi connectivity index (χ0) is 23.0. The fraction of sp³-hybridized carbons (Fsp3) is 0.217. The molecule has 3 aromatic rings. The van der Waals surface area contributed by atoms with Crippen molar-refractivity contribution >= 4 is 17.7 Å². The van der Waals surface area contributed by atoms with Crippen molar-refractivity contribution in [3.05, 3.63) is 89.4 Å². The molecule has 0 radical (unpaired) electrons. The first-order valence-electron chi connectivity index (χ1n) is 9.75. The van der Waals surface area contributed by atoms with Crippen LogP contribution in [0.25, 0.3) is 0 Å². The van der Waals surface area contributed by atoms with Crippen molar-refractivity contribution in [1.29, 1.82) is 0 Å². The monoisotopic (exact) mass is 464 g/mol. The molecule has 1 heterocycles. The van der Waals surface area contributed by atoms with Crippen LogP contribution in [0.4, 0.5) is 17.6 Å². The summed E-state index contributed by atoms with van der Waals surface area (Å²) in [5.74, 6) is -0.276. The maximum absolute atomic E-state index is 13.0. The van der Waals surface area contributed by atoms with Crippen molar-refractivity contribution in [2.45, 2.75) is 30.8 Å². The van der Waals surface area contributed by atoms with Gasteiger partial charge in [0.15, 0.2) is 0 Å². The van der Waals surface area contributed by atoms with Gasteiger partial charge in [-0.3, -0.25) is 4.79 Å². The maximum Gasteiger partial charge on any atom is 0.573 e. The molecule has 0 atom stereocenters. The Kier molecular flexibility index (Phi) is 8.10. The van der Waals surface area contributed by atoms with E-state index in [0.29, 0.717) is 21.9 Å². The molecule has 0 spiro atoms. The Hall–Kier alpha value is -3.07. The van der Waals surface area contributed by atoms with E-state index in [1.165, 1.54) is 42.1 Å². The minimum Gasteiger partial charge on any atom is -0.406 e. The van der Waals surface area contributed by atoms with Crippen LogP contribution >= 0.6 is 11.8 Å². The standard InChI is InChI=1S/C23H20F4N2O2S/c24-18-10-8-16(9-11-18)5-3-13-32-22-20(7-2-12-28-22)21(30)29-15-17-4-1-6-19(14-17)31-23(25,26)27/h1-2,4,6-12,14H,3,5,13,15H2,(H,29,30). The van der Waals surface area contributed by atoms with Gasteiger partial charge in [-0.25, -0.2) is 9.37 Å². The highest BCUT2D eigenvalue weighted by atomic mass is 32.2. The summed E-state index contributed by atoms with van der Waals surface area (Å²) in [6.07, 6.45) is -1.59. The average molecular weight is 464 g/mol. The first-order chi connectivity index (χ1) is 15.3. The van der Waals surface area contributed by atoms with Gasteiger partial charge in [0.1, 0.15) is 16.6 Å². The minimum atomic E-state index is -4.78. The van der Waals surface area contributed by atoms with E-state index in [2.05, 4.69) is 15.0 Å². The lowest BCUT2D eigenvalue weighted by atomic mass is 10.1. The van der Waals surface area contributed by atoms with Crippen LogP contribution in [0.2, 0.25) is 0 Å². The first-order valence-corrected chi connectivity index (χ1v) is 10.7. The van der Waals surface area contributed by atoms with Crippen LogP contribution in [0, 0.1) is 5.82 Å². The van der Waals surface area contributed by atoms with Gasteiger partial charge in [-0.1, -0.05) is 24.3 Å². The van der Waals surface area contributed by atoms with Crippen molar-refractivity contribution < 1.29 is 27.1 Å². The fourth-order valence-corrected chi connectivity index (χ4v) is 3.84. The zero-order valence-corrected chi connectivity index (χ0v) is 17.7. The molecule has 4 nitrogen and oxygen atoms in total. The second-order valence-corrected chi connectivity index (χ2v) is 7.90. The number of pyridine rings is 1. The second-order valence-electron chi connectivity index (χ2n) is 6.81. The number of hydrogen-bond acceptors (Lipinski definition) is 4. The molecule has 0 aliphatic heterocycles. The lowest BCUT2D eigenvalue weighted by Gasteiger charge is -2.11. The van der Waals surface area contributed by atoms with E-state index < -0.39 is 6.36 Å². The zero-order valence-electron chi connectivity index (χ0n) is 16.9. The summed E-state index contributed by atoms with van der Waals surface area (Å²) in [6, 6.07) is 15.1. The number of rotatable bonds is 9. The number of carbonyl (C=O) groups excluding carboxylic acids is 1. The summed E-state index contributed by atoms with van der Waals surface area (Å²) in [5.41, 5.74) is 1.89. The van der Waals surface area contributed by atoms with E-state index in [0.717, 1.165) is 18.4 Å². The Labute approximate surface area is 187 Å². The van der Waals surface area contributed by atoms with Crippen LogP contribution in [0.5, 0.6) is 5.75 Å². The van der Waals surface area contributed by atoms with Gasteiger partial charge in [-0.15, -0.1) is 24.9 Å². The van der Waals surface area contributed by atoms with Gasteiger partial charge in [-0.2, -0.15) is 0 Å². The summed E-state index contributed by atoms with van der Waals surface area (Å²) in [6.45, 7) is 0.0391. The number of nitrogens with one attached hydrogen (secondary N) is 1. The number of thioether (sulfide) groups is 1. The number of hydrogen-bond donors (Lipinski definition) is 1. The summed E-state index contributed by atoms with van der Waals surface area (Å²) in [7, 11) is 0. The second kappa shape index (κ2) is 11.0. The highest BCUT2D eigenvalue weighted by Gasteiger charge is 2.31. The maximum atomic E-state index is 13.0. The lowest BCUT2D eigenvalue weighted by Crippen LogP contribution is -2.24. The molecule has 3 rings (SSSR count). The molecular weight excluding hydrogens is 444 g/mol. The van der Waals surface area contributed by atoms with Crippen molar-refractivity contribution in [2.75, 3.05) is 5.75 Å². The molecule has 0 saturated heterocycles. The third-order valence-electron chi connectivity index (χ3n) is 4.36. The highest BCUT2D eigenvalue weighted by molar-refractivity contribution is 7.99. The topological polar surface area (TPSA) is 51.2 Å². The van der Waals surface area contributed by atoms with Gasteiger partial charge < -0.3 is 10.1 Å². The molecule has 0 unspecified atom stereocenters. The van der Waals surface area contributed by atoms with Crippen molar-refractivity contribution in [2.24, 2.45) is 0 Å². The van der Waals surface area contributed by atoms with Gasteiger partial charge in [0.2, 0.25) is 0 Å². The van der Waals surface area contributed by atoms with Crippen LogP contribution in [0.3, 0.4) is 0 Å². The smallest absolute Gasteiger partial charge is 0.406 e. The van der Waals surface area contributed by atoms with Crippen molar-refractivity contribution in [3.63, 3.8) is 0 Å². The SMILES string of the molecule is O=C(NCc1cccc(OC(F)(F)F)c1)c1cccnc1SCCCc1ccc(F)cc1. The number of carbonyl (C=O) groups is 1. The summed E-state index contributed by atoms with van der Waals surface area (Å²) in [5, 5.41) is 3.27. The largest absolute Gasteiger partial charge is 0.573 e. The predicted molar refractivity (Wildman–Crippen MR) is 114 cm³/mol. The van der Waals surface area contributed by atoms with E-state index in [-0.39, 0.29) is 24.0 Å². The number of aryl methyl sites for hydroxylation is 1. The van der Waals surface area contributed by atoms with Gasteiger partial charge in [0.25, 0.3) is 5.91 Å². The number of halogens is 4. The number of nitrogens with zero attached hydrogens (tertiary/aromatic N) is 1. The van der Waals surface area contributed by atoms with Crippen LogP contribution in [0.1, 0.15) is 27.9 Å². The van der Waals surface area contributed by atoms with Crippen LogP contribution < -0.4 is 10.1 Å². The highest BCUT2D eigenvalue weighted by Crippen LogP contribution is 2.24. The molecule has 0 aliphatic carbocycles. The molecule has 2 aromatic carbocycles. The van der Waals surface area contributed by atoms with Gasteiger partial charge in [-0.05, 0) is 66.1 Å². The number of aromatic nitrogens is 1. The summed E-state index contributed by atoms with van der Waals surface area (Å²) >= 11 is 1.44. The van der Waals surface area contributed by atoms with Gasteiger partial charge in [0.05, 0.1) is 5.56 Å². The predicted octanol–water partition coefficient (Wildman–Crippen LogP) is 5.77. The van der Waals surface area contributed by atoms with Crippen molar-refractivity contribution in [1.82, 2.24) is 10.3 Å². The average Bonchev–Trinajstić information content (AvgIpc) is 2.76. The Morgan fingerprint density at radius 3 is 2.56 bits per heavy atom. The Morgan fingerprint density at radius 1 is 1.03 bits per heavy atom. The van der Waals surface area contributed by atoms with E-state index >= 15 is 0 Å². The summed E-state index contributed by atoms with van der Waals surface area (Å²) < 4.78 is 54.0. The quantitative estimate of drug-likeness (QED) is 0.248. The molecule has 1 aromatic heterocycles. The van der Waals surface area contributed by atoms with Crippen LogP contribution in [-0.4, -0.2) is 23.0 Å². The van der Waals surface area contributed by atoms with E-state index in [4.69, 9.17) is 0 Å². The van der Waals surface area contributed by atoms with Gasteiger partial charge >= 0.3 is 6.36 Å². The minimum absolute atomic E-state index is 0.0391. The third-order valence-corrected chi connectivity index (χ3v) is 5.45. The Morgan fingerprint density at radius 2 is 1.81 bits per heavy atom. The van der Waals surface area contributed by atoms with E-state index in [9.17, 15) is 22.4 Å². The van der Waals surface area contributed by atoms with Crippen LogP contribution in [0.15, 0.2) is 71.9 Å². The molecule has 32 heavy (non-hydrogen) atoms. The molecular formula is C23H20F4N2O2S. The molecule has 168 valence electrons. The fourth-order valence-electron chi connectivity index (χ4n) is 2.90. The molecule has 0 aliphatic rings. The molecule has 1 amide bonds. The molecule has 0 fully saturated rings. The lowest BCUT2D eigenvalue weighted by molar-refractivity contribution is -0.274. The van der Waals surface area contributed by atoms with Crippen molar-refractivity contribution in [3.8, 4) is 5.75 Å². The third kappa shape index (κ3) is 7.56. The molecule has 9 heteroatoms. The molecule has 1 N–H and O–H groups in total. The van der Waals surface area contributed by atoms with E-state index in [1.807, 2.05) is 0 Å². The number of benzene rings is 2. The normalized spacial score (nSPS) is 11.2. The van der Waals surface area contributed by atoms with Gasteiger partial charge in [0, 0.05) is 12.7 Å². The van der Waals surface area contributed by atoms with E-state index in [1.54, 1.807) is 36.5 Å². The molecule has 0 saturated carbocycles. The van der Waals surface area contributed by atoms with Crippen LogP contribution in [-0.2, 0) is 13.0 Å².